The summed E-state index contributed by atoms with van der Waals surface area (Å²) in [5.74, 6) is 0.416. The largest absolute Gasteiger partial charge is 0.492 e. The number of thiophene rings is 1. The maximum absolute atomic E-state index is 11.9. The fourth-order valence-corrected chi connectivity index (χ4v) is 2.90. The van der Waals surface area contributed by atoms with Crippen molar-refractivity contribution in [2.45, 2.75) is 39.7 Å². The van der Waals surface area contributed by atoms with E-state index in [0.717, 1.165) is 17.8 Å². The third-order valence-electron chi connectivity index (χ3n) is 2.97. The Morgan fingerprint density at radius 2 is 2.00 bits per heavy atom. The van der Waals surface area contributed by atoms with Crippen molar-refractivity contribution in [3.63, 3.8) is 0 Å². The lowest BCUT2D eigenvalue weighted by Crippen LogP contribution is -2.22. The third-order valence-corrected chi connectivity index (χ3v) is 4.08. The van der Waals surface area contributed by atoms with Gasteiger partial charge < -0.3 is 21.1 Å². The molecule has 1 heterocycles. The molecule has 0 aliphatic rings. The van der Waals surface area contributed by atoms with Gasteiger partial charge in [0.25, 0.3) is 5.91 Å². The summed E-state index contributed by atoms with van der Waals surface area (Å²) in [6, 6.07) is 0.356. The topological polar surface area (TPSA) is 76.4 Å². The Balaban J connectivity index is 3.04. The van der Waals surface area contributed by atoms with E-state index in [9.17, 15) is 4.79 Å². The van der Waals surface area contributed by atoms with Crippen molar-refractivity contribution in [2.24, 2.45) is 0 Å². The first-order chi connectivity index (χ1) is 9.08. The van der Waals surface area contributed by atoms with Gasteiger partial charge in [0.05, 0.1) is 7.11 Å². The molecule has 1 rings (SSSR count). The second-order valence-corrected chi connectivity index (χ2v) is 5.25. The average molecular weight is 285 g/mol. The highest BCUT2D eigenvalue weighted by atomic mass is 32.1. The lowest BCUT2D eigenvalue weighted by Gasteiger charge is -2.15. The molecule has 108 valence electrons. The molecule has 1 aromatic heterocycles. The molecule has 0 atom stereocenters. The number of carbonyl (C=O) groups is 1. The van der Waals surface area contributed by atoms with Crippen LogP contribution in [0.2, 0.25) is 0 Å². The first kappa shape index (κ1) is 15.6. The molecule has 19 heavy (non-hydrogen) atoms. The first-order valence-corrected chi connectivity index (χ1v) is 7.41. The van der Waals surface area contributed by atoms with Gasteiger partial charge in [-0.15, -0.1) is 11.3 Å². The highest BCUT2D eigenvalue weighted by molar-refractivity contribution is 7.19. The van der Waals surface area contributed by atoms with Gasteiger partial charge in [0.1, 0.15) is 15.6 Å². The molecule has 0 aliphatic heterocycles. The van der Waals surface area contributed by atoms with E-state index in [4.69, 9.17) is 10.5 Å². The number of hydrogen-bond donors (Lipinski definition) is 3. The first-order valence-electron chi connectivity index (χ1n) is 6.59. The fraction of sp³-hybridized carbons (Fsp3) is 0.615. The van der Waals surface area contributed by atoms with Crippen molar-refractivity contribution in [1.29, 1.82) is 0 Å². The lowest BCUT2D eigenvalue weighted by atomic mass is 10.2. The number of nitrogens with one attached hydrogen (secondary N) is 2. The van der Waals surface area contributed by atoms with Crippen molar-refractivity contribution in [1.82, 2.24) is 5.32 Å². The van der Waals surface area contributed by atoms with Crippen LogP contribution in [0.3, 0.4) is 0 Å². The number of methoxy groups -OCH3 is 1. The molecule has 1 aromatic rings. The van der Waals surface area contributed by atoms with Gasteiger partial charge in [-0.1, -0.05) is 13.8 Å². The normalized spacial score (nSPS) is 10.6. The van der Waals surface area contributed by atoms with Crippen molar-refractivity contribution in [3.05, 3.63) is 4.88 Å². The van der Waals surface area contributed by atoms with Gasteiger partial charge in [-0.05, 0) is 19.8 Å². The van der Waals surface area contributed by atoms with Crippen LogP contribution in [0.4, 0.5) is 10.7 Å². The summed E-state index contributed by atoms with van der Waals surface area (Å²) in [5.41, 5.74) is 6.40. The Labute approximate surface area is 118 Å². The summed E-state index contributed by atoms with van der Waals surface area (Å²) in [6.45, 7) is 6.70. The predicted octanol–water partition coefficient (Wildman–Crippen LogP) is 2.69. The molecule has 0 radical (unpaired) electrons. The van der Waals surface area contributed by atoms with Gasteiger partial charge in [-0.25, -0.2) is 0 Å². The zero-order valence-electron chi connectivity index (χ0n) is 12.0. The predicted molar refractivity (Wildman–Crippen MR) is 81.3 cm³/mol. The second kappa shape index (κ2) is 7.23. The van der Waals surface area contributed by atoms with Crippen LogP contribution in [-0.2, 0) is 0 Å². The Morgan fingerprint density at radius 1 is 1.37 bits per heavy atom. The molecule has 0 bridgehead atoms. The minimum absolute atomic E-state index is 0.152. The Kier molecular flexibility index (Phi) is 5.95. The van der Waals surface area contributed by atoms with Gasteiger partial charge in [0, 0.05) is 12.6 Å². The number of rotatable bonds is 7. The van der Waals surface area contributed by atoms with E-state index >= 15 is 0 Å². The fourth-order valence-electron chi connectivity index (χ4n) is 1.81. The number of nitrogens with two attached hydrogens (primary N) is 1. The van der Waals surface area contributed by atoms with E-state index < -0.39 is 0 Å². The summed E-state index contributed by atoms with van der Waals surface area (Å²) in [7, 11) is 1.57. The monoisotopic (exact) mass is 285 g/mol. The van der Waals surface area contributed by atoms with Crippen molar-refractivity contribution in [2.75, 3.05) is 24.7 Å². The standard InChI is InChI=1S/C13H23N3O2S/c1-5-8(6-2)16-13-10(18-4)9(14)11(19-13)12(17)15-7-3/h8,16H,5-7,14H2,1-4H3,(H,15,17). The van der Waals surface area contributed by atoms with Gasteiger partial charge in [0.15, 0.2) is 5.75 Å². The molecule has 0 unspecified atom stereocenters. The third kappa shape index (κ3) is 3.53. The zero-order valence-corrected chi connectivity index (χ0v) is 12.8. The smallest absolute Gasteiger partial charge is 0.263 e. The second-order valence-electron chi connectivity index (χ2n) is 4.22. The highest BCUT2D eigenvalue weighted by Gasteiger charge is 2.22. The zero-order chi connectivity index (χ0) is 14.4. The highest BCUT2D eigenvalue weighted by Crippen LogP contribution is 2.42. The van der Waals surface area contributed by atoms with E-state index in [2.05, 4.69) is 24.5 Å². The SMILES string of the molecule is CCNC(=O)c1sc(NC(CC)CC)c(OC)c1N. The van der Waals surface area contributed by atoms with Gasteiger partial charge in [0.2, 0.25) is 0 Å². The Bertz CT molecular complexity index is 428. The lowest BCUT2D eigenvalue weighted by molar-refractivity contribution is 0.0960. The molecule has 4 N–H and O–H groups in total. The van der Waals surface area contributed by atoms with E-state index in [1.165, 1.54) is 11.3 Å². The number of hydrogen-bond acceptors (Lipinski definition) is 5. The number of carbonyl (C=O) groups excluding carboxylic acids is 1. The summed E-state index contributed by atoms with van der Waals surface area (Å²) in [6.07, 6.45) is 2.02. The van der Waals surface area contributed by atoms with Crippen LogP contribution < -0.4 is 21.1 Å². The van der Waals surface area contributed by atoms with Crippen LogP contribution in [-0.4, -0.2) is 25.6 Å². The quantitative estimate of drug-likeness (QED) is 0.720. The van der Waals surface area contributed by atoms with E-state index in [1.54, 1.807) is 7.11 Å². The van der Waals surface area contributed by atoms with Crippen molar-refractivity contribution < 1.29 is 9.53 Å². The average Bonchev–Trinajstić information content (AvgIpc) is 2.72. The molecule has 0 aromatic carbocycles. The Hall–Kier alpha value is -1.43. The van der Waals surface area contributed by atoms with Crippen molar-refractivity contribution in [3.8, 4) is 5.75 Å². The van der Waals surface area contributed by atoms with Crippen molar-refractivity contribution >= 4 is 27.9 Å². The van der Waals surface area contributed by atoms with Crippen LogP contribution in [0.15, 0.2) is 0 Å². The molecular weight excluding hydrogens is 262 g/mol. The number of amides is 1. The summed E-state index contributed by atoms with van der Waals surface area (Å²) in [5, 5.41) is 6.97. The van der Waals surface area contributed by atoms with Crippen LogP contribution >= 0.6 is 11.3 Å². The van der Waals surface area contributed by atoms with Crippen LogP contribution in [0.25, 0.3) is 0 Å². The van der Waals surface area contributed by atoms with Gasteiger partial charge >= 0.3 is 0 Å². The number of ether oxygens (including phenoxy) is 1. The van der Waals surface area contributed by atoms with Gasteiger partial charge in [-0.2, -0.15) is 0 Å². The molecule has 0 fully saturated rings. The van der Waals surface area contributed by atoms with E-state index in [0.29, 0.717) is 28.9 Å². The maximum Gasteiger partial charge on any atom is 0.263 e. The minimum Gasteiger partial charge on any atom is -0.492 e. The number of anilines is 2. The van der Waals surface area contributed by atoms with Gasteiger partial charge in [-0.3, -0.25) is 4.79 Å². The van der Waals surface area contributed by atoms with Crippen LogP contribution in [0.5, 0.6) is 5.75 Å². The Morgan fingerprint density at radius 3 is 2.47 bits per heavy atom. The summed E-state index contributed by atoms with van der Waals surface area (Å²) >= 11 is 1.34. The molecule has 0 saturated carbocycles. The summed E-state index contributed by atoms with van der Waals surface area (Å²) < 4.78 is 5.32. The maximum atomic E-state index is 11.9. The molecular formula is C13H23N3O2S. The molecule has 6 heteroatoms. The van der Waals surface area contributed by atoms with E-state index in [1.807, 2.05) is 6.92 Å². The van der Waals surface area contributed by atoms with Crippen LogP contribution in [0, 0.1) is 0 Å². The van der Waals surface area contributed by atoms with E-state index in [-0.39, 0.29) is 5.91 Å². The minimum atomic E-state index is -0.152. The molecule has 5 nitrogen and oxygen atoms in total. The van der Waals surface area contributed by atoms with Crippen LogP contribution in [0.1, 0.15) is 43.3 Å². The molecule has 1 amide bonds. The molecule has 0 aliphatic carbocycles. The molecule has 0 saturated heterocycles. The molecule has 0 spiro atoms. The summed E-state index contributed by atoms with van der Waals surface area (Å²) in [4.78, 5) is 12.4. The number of nitrogen functional groups attached to an aromatic ring is 1.